The lowest BCUT2D eigenvalue weighted by Gasteiger charge is -2.20. The summed E-state index contributed by atoms with van der Waals surface area (Å²) in [5.74, 6) is 2.31. The zero-order valence-electron chi connectivity index (χ0n) is 14.2. The summed E-state index contributed by atoms with van der Waals surface area (Å²) in [5.41, 5.74) is 1.34. The molecule has 0 spiro atoms. The number of hydrogen-bond donors (Lipinski definition) is 1. The highest BCUT2D eigenvalue weighted by Crippen LogP contribution is 2.35. The van der Waals surface area contributed by atoms with Crippen molar-refractivity contribution in [1.82, 2.24) is 5.32 Å². The van der Waals surface area contributed by atoms with Crippen molar-refractivity contribution in [3.05, 3.63) is 17.7 Å². The average Bonchev–Trinajstić information content (AvgIpc) is 2.44. The van der Waals surface area contributed by atoms with E-state index in [0.717, 1.165) is 42.9 Å². The Hall–Kier alpha value is -1.42. The summed E-state index contributed by atoms with van der Waals surface area (Å²) in [6, 6.07) is 3.90. The van der Waals surface area contributed by atoms with Crippen molar-refractivity contribution in [3.8, 4) is 17.2 Å². The van der Waals surface area contributed by atoms with Crippen LogP contribution in [0.15, 0.2) is 12.1 Å². The molecular weight excluding hydrogens is 266 g/mol. The molecule has 4 nitrogen and oxygen atoms in total. The SMILES string of the molecule is COc1cc(OC)c(OC)cc1CCCCNC(C)(C)C. The van der Waals surface area contributed by atoms with Gasteiger partial charge < -0.3 is 19.5 Å². The number of ether oxygens (including phenoxy) is 3. The molecule has 1 rings (SSSR count). The third kappa shape index (κ3) is 5.84. The summed E-state index contributed by atoms with van der Waals surface area (Å²) in [6.07, 6.45) is 3.21. The normalized spacial score (nSPS) is 11.3. The Morgan fingerprint density at radius 1 is 0.857 bits per heavy atom. The first-order valence-electron chi connectivity index (χ1n) is 7.45. The summed E-state index contributed by atoms with van der Waals surface area (Å²) in [4.78, 5) is 0. The van der Waals surface area contributed by atoms with Gasteiger partial charge in [0.1, 0.15) is 5.75 Å². The average molecular weight is 295 g/mol. The molecule has 120 valence electrons. The van der Waals surface area contributed by atoms with E-state index in [2.05, 4.69) is 26.1 Å². The van der Waals surface area contributed by atoms with Gasteiger partial charge in [-0.2, -0.15) is 0 Å². The Morgan fingerprint density at radius 2 is 1.43 bits per heavy atom. The van der Waals surface area contributed by atoms with Crippen LogP contribution in [0.1, 0.15) is 39.2 Å². The van der Waals surface area contributed by atoms with Gasteiger partial charge in [0.15, 0.2) is 11.5 Å². The topological polar surface area (TPSA) is 39.7 Å². The molecule has 0 saturated carbocycles. The fraction of sp³-hybridized carbons (Fsp3) is 0.647. The number of hydrogen-bond acceptors (Lipinski definition) is 4. The fourth-order valence-electron chi connectivity index (χ4n) is 2.19. The van der Waals surface area contributed by atoms with Crippen LogP contribution in [0.25, 0.3) is 0 Å². The summed E-state index contributed by atoms with van der Waals surface area (Å²) in [7, 11) is 4.97. The summed E-state index contributed by atoms with van der Waals surface area (Å²) in [6.45, 7) is 7.58. The Labute approximate surface area is 128 Å². The second-order valence-corrected chi connectivity index (χ2v) is 6.15. The first-order chi connectivity index (χ1) is 9.91. The maximum absolute atomic E-state index is 5.45. The number of methoxy groups -OCH3 is 3. The van der Waals surface area contributed by atoms with E-state index in [9.17, 15) is 0 Å². The van der Waals surface area contributed by atoms with Gasteiger partial charge in [-0.1, -0.05) is 0 Å². The van der Waals surface area contributed by atoms with Crippen LogP contribution >= 0.6 is 0 Å². The van der Waals surface area contributed by atoms with Crippen LogP contribution in [0.5, 0.6) is 17.2 Å². The van der Waals surface area contributed by atoms with Crippen LogP contribution in [-0.4, -0.2) is 33.4 Å². The summed E-state index contributed by atoms with van der Waals surface area (Å²) < 4.78 is 16.1. The molecule has 0 aliphatic carbocycles. The standard InChI is InChI=1S/C17H29NO3/c1-17(2,3)18-10-8-7-9-13-11-15(20-5)16(21-6)12-14(13)19-4/h11-12,18H,7-10H2,1-6H3. The smallest absolute Gasteiger partial charge is 0.164 e. The van der Waals surface area contributed by atoms with Crippen molar-refractivity contribution in [3.63, 3.8) is 0 Å². The van der Waals surface area contributed by atoms with Crippen molar-refractivity contribution < 1.29 is 14.2 Å². The third-order valence-corrected chi connectivity index (χ3v) is 3.31. The lowest BCUT2D eigenvalue weighted by molar-refractivity contribution is 0.347. The number of benzene rings is 1. The van der Waals surface area contributed by atoms with E-state index in [4.69, 9.17) is 14.2 Å². The molecule has 0 bridgehead atoms. The number of nitrogens with one attached hydrogen (secondary N) is 1. The monoisotopic (exact) mass is 295 g/mol. The summed E-state index contributed by atoms with van der Waals surface area (Å²) >= 11 is 0. The highest BCUT2D eigenvalue weighted by Gasteiger charge is 2.12. The Morgan fingerprint density at radius 3 is 1.95 bits per heavy atom. The summed E-state index contributed by atoms with van der Waals surface area (Å²) in [5, 5.41) is 3.50. The van der Waals surface area contributed by atoms with Gasteiger partial charge in [-0.3, -0.25) is 0 Å². The van der Waals surface area contributed by atoms with Gasteiger partial charge in [0, 0.05) is 11.6 Å². The van der Waals surface area contributed by atoms with Gasteiger partial charge in [0.05, 0.1) is 21.3 Å². The van der Waals surface area contributed by atoms with Crippen LogP contribution < -0.4 is 19.5 Å². The molecule has 0 saturated heterocycles. The van der Waals surface area contributed by atoms with Gasteiger partial charge in [-0.05, 0) is 58.2 Å². The van der Waals surface area contributed by atoms with Gasteiger partial charge in [-0.25, -0.2) is 0 Å². The zero-order chi connectivity index (χ0) is 15.9. The lowest BCUT2D eigenvalue weighted by atomic mass is 10.0. The number of unbranched alkanes of at least 4 members (excludes halogenated alkanes) is 1. The lowest BCUT2D eigenvalue weighted by Crippen LogP contribution is -2.36. The van der Waals surface area contributed by atoms with Crippen LogP contribution in [-0.2, 0) is 6.42 Å². The Balaban J connectivity index is 2.61. The minimum atomic E-state index is 0.182. The number of aryl methyl sites for hydroxylation is 1. The molecule has 0 aromatic heterocycles. The molecule has 1 N–H and O–H groups in total. The highest BCUT2D eigenvalue weighted by molar-refractivity contribution is 5.50. The molecule has 0 heterocycles. The Bertz CT molecular complexity index is 438. The molecule has 0 fully saturated rings. The van der Waals surface area contributed by atoms with E-state index in [1.165, 1.54) is 0 Å². The molecule has 1 aromatic rings. The zero-order valence-corrected chi connectivity index (χ0v) is 14.2. The largest absolute Gasteiger partial charge is 0.496 e. The minimum Gasteiger partial charge on any atom is -0.496 e. The quantitative estimate of drug-likeness (QED) is 0.746. The molecule has 0 aliphatic heterocycles. The molecule has 1 aromatic carbocycles. The van der Waals surface area contributed by atoms with Crippen molar-refractivity contribution >= 4 is 0 Å². The third-order valence-electron chi connectivity index (χ3n) is 3.31. The van der Waals surface area contributed by atoms with Crippen LogP contribution in [0, 0.1) is 0 Å². The number of rotatable bonds is 8. The van der Waals surface area contributed by atoms with Gasteiger partial charge in [0.2, 0.25) is 0 Å². The molecule has 21 heavy (non-hydrogen) atoms. The first-order valence-corrected chi connectivity index (χ1v) is 7.45. The maximum Gasteiger partial charge on any atom is 0.164 e. The second-order valence-electron chi connectivity index (χ2n) is 6.15. The maximum atomic E-state index is 5.45. The van der Waals surface area contributed by atoms with Crippen LogP contribution in [0.2, 0.25) is 0 Å². The van der Waals surface area contributed by atoms with Gasteiger partial charge in [-0.15, -0.1) is 0 Å². The molecule has 0 atom stereocenters. The first kappa shape index (κ1) is 17.6. The molecule has 0 aliphatic rings. The minimum absolute atomic E-state index is 0.182. The second kappa shape index (κ2) is 8.13. The van der Waals surface area contributed by atoms with Gasteiger partial charge in [0.25, 0.3) is 0 Å². The predicted octanol–water partition coefficient (Wildman–Crippen LogP) is 3.42. The van der Waals surface area contributed by atoms with E-state index in [0.29, 0.717) is 5.75 Å². The van der Waals surface area contributed by atoms with Crippen molar-refractivity contribution in [2.45, 2.75) is 45.6 Å². The van der Waals surface area contributed by atoms with E-state index in [-0.39, 0.29) is 5.54 Å². The van der Waals surface area contributed by atoms with Crippen molar-refractivity contribution in [2.75, 3.05) is 27.9 Å². The van der Waals surface area contributed by atoms with Crippen LogP contribution in [0.3, 0.4) is 0 Å². The molecule has 0 radical (unpaired) electrons. The highest BCUT2D eigenvalue weighted by atomic mass is 16.5. The molecular formula is C17H29NO3. The van der Waals surface area contributed by atoms with E-state index < -0.39 is 0 Å². The molecule has 4 heteroatoms. The molecule has 0 amide bonds. The van der Waals surface area contributed by atoms with Crippen molar-refractivity contribution in [1.29, 1.82) is 0 Å². The van der Waals surface area contributed by atoms with E-state index in [1.54, 1.807) is 21.3 Å². The Kier molecular flexibility index (Phi) is 6.82. The van der Waals surface area contributed by atoms with Crippen LogP contribution in [0.4, 0.5) is 0 Å². The fourth-order valence-corrected chi connectivity index (χ4v) is 2.19. The van der Waals surface area contributed by atoms with E-state index in [1.807, 2.05) is 12.1 Å². The van der Waals surface area contributed by atoms with E-state index >= 15 is 0 Å². The predicted molar refractivity (Wildman–Crippen MR) is 86.8 cm³/mol. The van der Waals surface area contributed by atoms with Crippen molar-refractivity contribution in [2.24, 2.45) is 0 Å². The van der Waals surface area contributed by atoms with Gasteiger partial charge >= 0.3 is 0 Å². The molecule has 0 unspecified atom stereocenters.